The maximum absolute atomic E-state index is 13.5. The molecule has 0 bridgehead atoms. The summed E-state index contributed by atoms with van der Waals surface area (Å²) in [5, 5.41) is 19.1. The number of aliphatic hydroxyl groups is 2. The van der Waals surface area contributed by atoms with Crippen LogP contribution in [-0.2, 0) is 33.2 Å². The number of rotatable bonds is 25. The first-order valence-corrected chi connectivity index (χ1v) is 10.6. The Bertz CT molecular complexity index is 513. The van der Waals surface area contributed by atoms with Gasteiger partial charge in [-0.05, 0) is 12.8 Å². The third kappa shape index (κ3) is 21.4. The highest BCUT2D eigenvalue weighted by atomic mass is 19.3. The maximum atomic E-state index is 13.5. The van der Waals surface area contributed by atoms with Gasteiger partial charge >= 0.3 is 12.2 Å². The predicted octanol–water partition coefficient (Wildman–Crippen LogP) is 2.12. The molecule has 0 aliphatic heterocycles. The molecule has 0 saturated carbocycles. The Labute approximate surface area is 197 Å². The van der Waals surface area contributed by atoms with Crippen LogP contribution in [0.25, 0.3) is 0 Å². The largest absolute Gasteiger partial charge is 0.388 e. The number of alkyl halides is 4. The van der Waals surface area contributed by atoms with Crippen molar-refractivity contribution in [3.8, 4) is 0 Å². The molecule has 0 spiro atoms. The second kappa shape index (κ2) is 20.1. The fourth-order valence-electron chi connectivity index (χ4n) is 2.08. The topological polar surface area (TPSA) is 105 Å². The molecule has 0 aliphatic rings. The van der Waals surface area contributed by atoms with E-state index >= 15 is 0 Å². The first-order chi connectivity index (χ1) is 16.1. The average Bonchev–Trinajstić information content (AvgIpc) is 2.75. The van der Waals surface area contributed by atoms with E-state index in [0.717, 1.165) is 0 Å². The van der Waals surface area contributed by atoms with Gasteiger partial charge in [0.1, 0.15) is 32.2 Å². The molecule has 9 nitrogen and oxygen atoms in total. The Balaban J connectivity index is 3.81. The summed E-state index contributed by atoms with van der Waals surface area (Å²) in [5.41, 5.74) is 0. The molecule has 13 heteroatoms. The molecule has 0 saturated heterocycles. The summed E-state index contributed by atoms with van der Waals surface area (Å²) in [5.74, 6) is 0. The summed E-state index contributed by atoms with van der Waals surface area (Å²) in [7, 11) is 0. The van der Waals surface area contributed by atoms with Crippen molar-refractivity contribution in [1.82, 2.24) is 0 Å². The zero-order valence-electron chi connectivity index (χ0n) is 19.2. The van der Waals surface area contributed by atoms with Crippen molar-refractivity contribution >= 4 is 0 Å². The third-order valence-electron chi connectivity index (χ3n) is 3.55. The van der Waals surface area contributed by atoms with Crippen molar-refractivity contribution in [2.24, 2.45) is 0 Å². The van der Waals surface area contributed by atoms with Gasteiger partial charge in [-0.25, -0.2) is 0 Å². The van der Waals surface area contributed by atoms with Crippen LogP contribution in [0.5, 0.6) is 0 Å². The van der Waals surface area contributed by atoms with Crippen molar-refractivity contribution < 1.29 is 60.9 Å². The maximum Gasteiger partial charge on any atom is 0.383 e. The Kier molecular flexibility index (Phi) is 19.4. The second-order valence-corrected chi connectivity index (χ2v) is 6.95. The lowest BCUT2D eigenvalue weighted by molar-refractivity contribution is -0.396. The molecule has 0 fully saturated rings. The summed E-state index contributed by atoms with van der Waals surface area (Å²) < 4.78 is 86.8. The van der Waals surface area contributed by atoms with Gasteiger partial charge in [-0.3, -0.25) is 4.74 Å². The van der Waals surface area contributed by atoms with Crippen LogP contribution in [0.2, 0.25) is 0 Å². The molecule has 0 aromatic heterocycles. The molecule has 0 heterocycles. The van der Waals surface area contributed by atoms with Crippen molar-refractivity contribution in [2.45, 2.75) is 37.3 Å². The summed E-state index contributed by atoms with van der Waals surface area (Å²) in [6.07, 6.45) is -6.17. The molecule has 2 N–H and O–H groups in total. The van der Waals surface area contributed by atoms with Crippen LogP contribution in [0.3, 0.4) is 0 Å². The molecular formula is C21H36F4O9. The van der Waals surface area contributed by atoms with Crippen LogP contribution in [0, 0.1) is 0 Å². The normalized spacial score (nSPS) is 14.2. The van der Waals surface area contributed by atoms with Crippen LogP contribution in [0.1, 0.15) is 12.8 Å². The molecule has 0 aliphatic carbocycles. The summed E-state index contributed by atoms with van der Waals surface area (Å²) in [4.78, 5) is 0. The van der Waals surface area contributed by atoms with Crippen molar-refractivity contribution in [3.05, 3.63) is 25.3 Å². The fraction of sp³-hybridized carbons (Fsp3) is 0.810. The van der Waals surface area contributed by atoms with Crippen molar-refractivity contribution in [1.29, 1.82) is 0 Å². The van der Waals surface area contributed by atoms with E-state index in [9.17, 15) is 27.8 Å². The minimum Gasteiger partial charge on any atom is -0.388 e. The van der Waals surface area contributed by atoms with E-state index in [1.807, 2.05) is 0 Å². The van der Waals surface area contributed by atoms with Crippen LogP contribution in [0.15, 0.2) is 25.3 Å². The standard InChI is InChI=1S/C21H36F4O9/c1-3-5-7-28-11-18(26)13-30-9-10-31-17-33-16-21(24,25)34-20(22,23)15-32-14-19(27)12-29-8-6-4-2/h3-4,18-19,26-27H,1-2,5-17H2. The van der Waals surface area contributed by atoms with Gasteiger partial charge in [0.2, 0.25) is 0 Å². The Morgan fingerprint density at radius 1 is 0.618 bits per heavy atom. The highest BCUT2D eigenvalue weighted by Gasteiger charge is 2.44. The lowest BCUT2D eigenvalue weighted by Crippen LogP contribution is -2.40. The molecule has 0 radical (unpaired) electrons. The molecule has 0 rings (SSSR count). The molecule has 202 valence electrons. The van der Waals surface area contributed by atoms with E-state index in [2.05, 4.69) is 27.4 Å². The van der Waals surface area contributed by atoms with Crippen LogP contribution in [-0.4, -0.2) is 107 Å². The summed E-state index contributed by atoms with van der Waals surface area (Å²) in [6, 6.07) is 0. The van der Waals surface area contributed by atoms with Crippen molar-refractivity contribution in [3.63, 3.8) is 0 Å². The van der Waals surface area contributed by atoms with Crippen LogP contribution < -0.4 is 0 Å². The molecule has 0 amide bonds. The quantitative estimate of drug-likeness (QED) is 0.0831. The Hall–Kier alpha value is -1.16. The highest BCUT2D eigenvalue weighted by molar-refractivity contribution is 4.66. The lowest BCUT2D eigenvalue weighted by atomic mass is 10.4. The third-order valence-corrected chi connectivity index (χ3v) is 3.55. The number of hydrogen-bond donors (Lipinski definition) is 2. The van der Waals surface area contributed by atoms with Gasteiger partial charge in [-0.2, -0.15) is 17.6 Å². The van der Waals surface area contributed by atoms with Gasteiger partial charge in [0, 0.05) is 0 Å². The van der Waals surface area contributed by atoms with Gasteiger partial charge in [0.05, 0.1) is 52.9 Å². The van der Waals surface area contributed by atoms with Crippen LogP contribution >= 0.6 is 0 Å². The smallest absolute Gasteiger partial charge is 0.383 e. The minimum atomic E-state index is -4.32. The second-order valence-electron chi connectivity index (χ2n) is 6.95. The van der Waals surface area contributed by atoms with Crippen LogP contribution in [0.4, 0.5) is 17.6 Å². The molecule has 2 atom stereocenters. The highest BCUT2D eigenvalue weighted by Crippen LogP contribution is 2.27. The Morgan fingerprint density at radius 2 is 1.03 bits per heavy atom. The predicted molar refractivity (Wildman–Crippen MR) is 113 cm³/mol. The van der Waals surface area contributed by atoms with Gasteiger partial charge < -0.3 is 38.6 Å². The molecule has 0 aromatic rings. The molecular weight excluding hydrogens is 472 g/mol. The first kappa shape index (κ1) is 32.8. The number of aliphatic hydroxyl groups excluding tert-OH is 2. The van der Waals surface area contributed by atoms with Gasteiger partial charge in [0.25, 0.3) is 0 Å². The van der Waals surface area contributed by atoms with Gasteiger partial charge in [0.15, 0.2) is 0 Å². The average molecular weight is 509 g/mol. The van der Waals surface area contributed by atoms with Gasteiger partial charge in [-0.1, -0.05) is 12.2 Å². The molecule has 2 unspecified atom stereocenters. The lowest BCUT2D eigenvalue weighted by Gasteiger charge is -2.24. The van der Waals surface area contributed by atoms with E-state index in [4.69, 9.17) is 18.9 Å². The number of hydrogen-bond acceptors (Lipinski definition) is 9. The summed E-state index contributed by atoms with van der Waals surface area (Å²) >= 11 is 0. The van der Waals surface area contributed by atoms with E-state index in [1.165, 1.54) is 0 Å². The number of halogens is 4. The SMILES string of the molecule is C=CCCOCC(O)COCCOCOCC(F)(F)OC(F)(F)COCC(O)COCCC=C. The molecule has 34 heavy (non-hydrogen) atoms. The van der Waals surface area contributed by atoms with Gasteiger partial charge in [-0.15, -0.1) is 13.2 Å². The van der Waals surface area contributed by atoms with Crippen molar-refractivity contribution in [2.75, 3.05) is 72.9 Å². The molecule has 0 aromatic carbocycles. The zero-order chi connectivity index (χ0) is 25.7. The van der Waals surface area contributed by atoms with E-state index in [-0.39, 0.29) is 39.6 Å². The van der Waals surface area contributed by atoms with E-state index in [0.29, 0.717) is 19.4 Å². The minimum absolute atomic E-state index is 0.0132. The zero-order valence-corrected chi connectivity index (χ0v) is 19.2. The van der Waals surface area contributed by atoms with E-state index < -0.39 is 51.0 Å². The monoisotopic (exact) mass is 508 g/mol. The summed E-state index contributed by atoms with van der Waals surface area (Å²) in [6.45, 7) is 3.50. The first-order valence-electron chi connectivity index (χ1n) is 10.6. The van der Waals surface area contributed by atoms with E-state index in [1.54, 1.807) is 12.2 Å². The fourth-order valence-corrected chi connectivity index (χ4v) is 2.08. The Morgan fingerprint density at radius 3 is 1.53 bits per heavy atom. The number of ether oxygens (including phenoxy) is 7.